The van der Waals surface area contributed by atoms with Crippen molar-refractivity contribution in [1.82, 2.24) is 4.90 Å². The lowest BCUT2D eigenvalue weighted by Gasteiger charge is -2.28. The molecule has 3 heteroatoms. The van der Waals surface area contributed by atoms with Crippen molar-refractivity contribution in [3.63, 3.8) is 0 Å². The van der Waals surface area contributed by atoms with Gasteiger partial charge in [0.15, 0.2) is 0 Å². The molecule has 16 heavy (non-hydrogen) atoms. The Morgan fingerprint density at radius 3 is 2.75 bits per heavy atom. The molecule has 1 aliphatic heterocycles. The van der Waals surface area contributed by atoms with E-state index >= 15 is 0 Å². The molecule has 4 unspecified atom stereocenters. The highest BCUT2D eigenvalue weighted by atomic mass is 16.2. The first kappa shape index (κ1) is 10.1. The van der Waals surface area contributed by atoms with Crippen molar-refractivity contribution in [2.45, 2.75) is 44.6 Å². The Hall–Kier alpha value is -1.04. The molecule has 2 aliphatic carbocycles. The van der Waals surface area contributed by atoms with Gasteiger partial charge in [0.1, 0.15) is 6.04 Å². The van der Waals surface area contributed by atoms with Crippen LogP contribution in [0.5, 0.6) is 0 Å². The molecular weight excluding hydrogens is 200 g/mol. The van der Waals surface area contributed by atoms with Gasteiger partial charge in [0.05, 0.1) is 6.07 Å². The van der Waals surface area contributed by atoms with Crippen molar-refractivity contribution in [1.29, 1.82) is 5.26 Å². The highest BCUT2D eigenvalue weighted by Gasteiger charge is 2.45. The summed E-state index contributed by atoms with van der Waals surface area (Å²) >= 11 is 0. The number of amides is 1. The van der Waals surface area contributed by atoms with E-state index in [4.69, 9.17) is 5.26 Å². The van der Waals surface area contributed by atoms with E-state index in [1.54, 1.807) is 0 Å². The van der Waals surface area contributed by atoms with Gasteiger partial charge in [-0.2, -0.15) is 5.26 Å². The molecule has 0 spiro atoms. The van der Waals surface area contributed by atoms with Crippen molar-refractivity contribution < 1.29 is 4.79 Å². The molecule has 0 N–H and O–H groups in total. The lowest BCUT2D eigenvalue weighted by atomic mass is 9.87. The van der Waals surface area contributed by atoms with Crippen LogP contribution in [0.15, 0.2) is 0 Å². The van der Waals surface area contributed by atoms with E-state index in [-0.39, 0.29) is 17.9 Å². The minimum atomic E-state index is -0.133. The van der Waals surface area contributed by atoms with Crippen LogP contribution in [0.1, 0.15) is 38.5 Å². The Morgan fingerprint density at radius 1 is 1.25 bits per heavy atom. The third kappa shape index (κ3) is 1.43. The monoisotopic (exact) mass is 218 g/mol. The second-order valence-corrected chi connectivity index (χ2v) is 5.60. The summed E-state index contributed by atoms with van der Waals surface area (Å²) in [5.41, 5.74) is 0. The molecule has 2 bridgehead atoms. The van der Waals surface area contributed by atoms with E-state index in [1.165, 1.54) is 19.3 Å². The molecule has 3 fully saturated rings. The zero-order chi connectivity index (χ0) is 11.1. The predicted molar refractivity (Wildman–Crippen MR) is 59.3 cm³/mol. The number of carbonyl (C=O) groups excluding carboxylic acids is 1. The van der Waals surface area contributed by atoms with Gasteiger partial charge in [0, 0.05) is 12.5 Å². The van der Waals surface area contributed by atoms with Crippen LogP contribution in [0.2, 0.25) is 0 Å². The Morgan fingerprint density at radius 2 is 2.12 bits per heavy atom. The second-order valence-electron chi connectivity index (χ2n) is 5.60. The molecule has 1 heterocycles. The van der Waals surface area contributed by atoms with E-state index in [0.717, 1.165) is 31.7 Å². The van der Waals surface area contributed by atoms with E-state index in [2.05, 4.69) is 6.07 Å². The van der Waals surface area contributed by atoms with Gasteiger partial charge in [0.2, 0.25) is 5.91 Å². The molecule has 0 radical (unpaired) electrons. The maximum atomic E-state index is 12.4. The van der Waals surface area contributed by atoms with Crippen molar-refractivity contribution in [2.24, 2.45) is 17.8 Å². The van der Waals surface area contributed by atoms with E-state index in [0.29, 0.717) is 5.92 Å². The number of nitriles is 1. The van der Waals surface area contributed by atoms with Crippen LogP contribution in [0.4, 0.5) is 0 Å². The van der Waals surface area contributed by atoms with Crippen molar-refractivity contribution in [3.8, 4) is 6.07 Å². The minimum Gasteiger partial charge on any atom is -0.326 e. The first-order valence-electron chi connectivity index (χ1n) is 6.49. The van der Waals surface area contributed by atoms with Gasteiger partial charge < -0.3 is 4.90 Å². The van der Waals surface area contributed by atoms with Gasteiger partial charge in [-0.3, -0.25) is 4.79 Å². The fourth-order valence-electron chi connectivity index (χ4n) is 3.92. The summed E-state index contributed by atoms with van der Waals surface area (Å²) in [5.74, 6) is 1.99. The topological polar surface area (TPSA) is 44.1 Å². The largest absolute Gasteiger partial charge is 0.326 e. The number of nitrogens with zero attached hydrogens (tertiary/aromatic N) is 2. The van der Waals surface area contributed by atoms with Crippen LogP contribution in [-0.2, 0) is 4.79 Å². The van der Waals surface area contributed by atoms with Crippen LogP contribution in [0.25, 0.3) is 0 Å². The van der Waals surface area contributed by atoms with Crippen LogP contribution in [0, 0.1) is 29.1 Å². The highest BCUT2D eigenvalue weighted by molar-refractivity contribution is 5.80. The maximum Gasteiger partial charge on any atom is 0.227 e. The summed E-state index contributed by atoms with van der Waals surface area (Å²) in [6, 6.07) is 2.13. The third-order valence-corrected chi connectivity index (χ3v) is 4.74. The highest BCUT2D eigenvalue weighted by Crippen LogP contribution is 2.49. The smallest absolute Gasteiger partial charge is 0.227 e. The molecule has 0 aromatic rings. The summed E-state index contributed by atoms with van der Waals surface area (Å²) in [6.45, 7) is 0.810. The SMILES string of the molecule is N#CC1CCCN1C(=O)C1CC2CCC1C2. The zero-order valence-electron chi connectivity index (χ0n) is 9.56. The average molecular weight is 218 g/mol. The number of carbonyl (C=O) groups is 1. The van der Waals surface area contributed by atoms with Gasteiger partial charge in [-0.05, 0) is 43.9 Å². The number of likely N-dealkylation sites (tertiary alicyclic amines) is 1. The minimum absolute atomic E-state index is 0.133. The lowest BCUT2D eigenvalue weighted by Crippen LogP contribution is -2.40. The lowest BCUT2D eigenvalue weighted by molar-refractivity contribution is -0.137. The molecule has 0 aromatic heterocycles. The quantitative estimate of drug-likeness (QED) is 0.675. The van der Waals surface area contributed by atoms with Gasteiger partial charge in [0.25, 0.3) is 0 Å². The molecule has 0 aromatic carbocycles. The number of rotatable bonds is 1. The van der Waals surface area contributed by atoms with Gasteiger partial charge in [-0.15, -0.1) is 0 Å². The van der Waals surface area contributed by atoms with Crippen LogP contribution < -0.4 is 0 Å². The van der Waals surface area contributed by atoms with Crippen LogP contribution in [-0.4, -0.2) is 23.4 Å². The maximum absolute atomic E-state index is 12.4. The molecule has 4 atom stereocenters. The number of hydrogen-bond acceptors (Lipinski definition) is 2. The average Bonchev–Trinajstić information content (AvgIpc) is 3.02. The summed E-state index contributed by atoms with van der Waals surface area (Å²) in [4.78, 5) is 14.2. The molecule has 86 valence electrons. The fraction of sp³-hybridized carbons (Fsp3) is 0.846. The Labute approximate surface area is 96.4 Å². The van der Waals surface area contributed by atoms with E-state index in [1.807, 2.05) is 4.90 Å². The first-order chi connectivity index (χ1) is 7.79. The van der Waals surface area contributed by atoms with E-state index in [9.17, 15) is 4.79 Å². The Balaban J connectivity index is 1.71. The molecule has 1 amide bonds. The molecule has 2 saturated carbocycles. The van der Waals surface area contributed by atoms with Crippen LogP contribution in [0.3, 0.4) is 0 Å². The number of fused-ring (bicyclic) bond motifs is 2. The normalized spacial score (nSPS) is 41.3. The molecule has 3 aliphatic rings. The second kappa shape index (κ2) is 3.76. The van der Waals surface area contributed by atoms with Crippen molar-refractivity contribution in [2.75, 3.05) is 6.54 Å². The van der Waals surface area contributed by atoms with Crippen molar-refractivity contribution >= 4 is 5.91 Å². The summed E-state index contributed by atoms with van der Waals surface area (Å²) < 4.78 is 0. The first-order valence-corrected chi connectivity index (χ1v) is 6.49. The predicted octanol–water partition coefficient (Wildman–Crippen LogP) is 1.94. The number of hydrogen-bond donors (Lipinski definition) is 0. The molecular formula is C13H18N2O. The van der Waals surface area contributed by atoms with Crippen molar-refractivity contribution in [3.05, 3.63) is 0 Å². The summed E-state index contributed by atoms with van der Waals surface area (Å²) in [7, 11) is 0. The summed E-state index contributed by atoms with van der Waals surface area (Å²) in [6.07, 6.45) is 6.82. The zero-order valence-corrected chi connectivity index (χ0v) is 9.56. The van der Waals surface area contributed by atoms with Gasteiger partial charge >= 0.3 is 0 Å². The molecule has 1 saturated heterocycles. The van der Waals surface area contributed by atoms with Gasteiger partial charge in [-0.1, -0.05) is 6.42 Å². The third-order valence-electron chi connectivity index (χ3n) is 4.74. The molecule has 3 rings (SSSR count). The van der Waals surface area contributed by atoms with Crippen LogP contribution >= 0.6 is 0 Å². The standard InChI is InChI=1S/C13H18N2O/c14-8-11-2-1-5-15(11)13(16)12-7-9-3-4-10(12)6-9/h9-12H,1-7H2. The Bertz CT molecular complexity index is 346. The summed E-state index contributed by atoms with van der Waals surface area (Å²) in [5, 5.41) is 9.02. The van der Waals surface area contributed by atoms with Gasteiger partial charge in [-0.25, -0.2) is 0 Å². The van der Waals surface area contributed by atoms with E-state index < -0.39 is 0 Å². The Kier molecular flexibility index (Phi) is 2.38. The molecule has 3 nitrogen and oxygen atoms in total. The fourth-order valence-corrected chi connectivity index (χ4v) is 3.92.